The first kappa shape index (κ1) is 14.1. The van der Waals surface area contributed by atoms with Crippen LogP contribution in [0.4, 0.5) is 13.2 Å². The molecule has 2 nitrogen and oxygen atoms in total. The van der Waals surface area contributed by atoms with Gasteiger partial charge in [0.05, 0.1) is 5.56 Å². The maximum atomic E-state index is 13.1. The molecule has 1 saturated heterocycles. The highest BCUT2D eigenvalue weighted by atomic mass is 19.4. The summed E-state index contributed by atoms with van der Waals surface area (Å²) < 4.78 is 39.4. The first-order valence-corrected chi connectivity index (χ1v) is 6.32. The van der Waals surface area contributed by atoms with Crippen molar-refractivity contribution in [1.29, 1.82) is 0 Å². The highest BCUT2D eigenvalue weighted by Crippen LogP contribution is 2.38. The van der Waals surface area contributed by atoms with Crippen LogP contribution in [0.15, 0.2) is 18.2 Å². The Balaban J connectivity index is 2.44. The number of nitrogens with one attached hydrogen (secondary N) is 1. The molecule has 1 heterocycles. The maximum absolute atomic E-state index is 13.1. The lowest BCUT2D eigenvalue weighted by Gasteiger charge is -2.26. The molecule has 0 amide bonds. The summed E-state index contributed by atoms with van der Waals surface area (Å²) in [5, 5.41) is 3.14. The van der Waals surface area contributed by atoms with Crippen LogP contribution in [-0.4, -0.2) is 18.9 Å². The molecule has 19 heavy (non-hydrogen) atoms. The predicted octanol–water partition coefficient (Wildman–Crippen LogP) is 3.38. The summed E-state index contributed by atoms with van der Waals surface area (Å²) in [4.78, 5) is 11.2. The molecule has 0 saturated carbocycles. The second-order valence-electron chi connectivity index (χ2n) is 4.88. The lowest BCUT2D eigenvalue weighted by atomic mass is 9.86. The molecule has 1 aliphatic rings. The van der Waals surface area contributed by atoms with E-state index in [0.717, 1.165) is 19.2 Å². The Morgan fingerprint density at radius 3 is 2.42 bits per heavy atom. The number of carbonyl (C=O) groups is 1. The molecule has 0 spiro atoms. The number of halogens is 3. The molecular weight excluding hydrogens is 255 g/mol. The molecular formula is C14H16F3NO. The van der Waals surface area contributed by atoms with Crippen molar-refractivity contribution in [2.45, 2.75) is 31.9 Å². The van der Waals surface area contributed by atoms with E-state index in [2.05, 4.69) is 5.32 Å². The molecule has 104 valence electrons. The largest absolute Gasteiger partial charge is 0.416 e. The van der Waals surface area contributed by atoms with Gasteiger partial charge in [-0.2, -0.15) is 13.2 Å². The molecule has 1 aromatic rings. The van der Waals surface area contributed by atoms with Crippen molar-refractivity contribution in [3.05, 3.63) is 34.9 Å². The van der Waals surface area contributed by atoms with E-state index >= 15 is 0 Å². The van der Waals surface area contributed by atoms with Crippen LogP contribution in [-0.2, 0) is 6.18 Å². The van der Waals surface area contributed by atoms with E-state index in [9.17, 15) is 18.0 Å². The van der Waals surface area contributed by atoms with E-state index < -0.39 is 11.7 Å². The second-order valence-corrected chi connectivity index (χ2v) is 4.88. The van der Waals surface area contributed by atoms with Crippen LogP contribution in [0, 0.1) is 0 Å². The second kappa shape index (κ2) is 5.33. The van der Waals surface area contributed by atoms with Gasteiger partial charge < -0.3 is 5.32 Å². The minimum atomic E-state index is -4.41. The molecule has 1 N–H and O–H groups in total. The van der Waals surface area contributed by atoms with Crippen LogP contribution in [0.2, 0.25) is 0 Å². The van der Waals surface area contributed by atoms with Crippen molar-refractivity contribution in [3.8, 4) is 0 Å². The Morgan fingerprint density at radius 1 is 1.26 bits per heavy atom. The Labute approximate surface area is 110 Å². The summed E-state index contributed by atoms with van der Waals surface area (Å²) in [6, 6.07) is 3.95. The number of piperidine rings is 1. The van der Waals surface area contributed by atoms with Gasteiger partial charge in [-0.15, -0.1) is 0 Å². The fourth-order valence-electron chi connectivity index (χ4n) is 2.51. The van der Waals surface area contributed by atoms with Crippen molar-refractivity contribution in [2.24, 2.45) is 0 Å². The summed E-state index contributed by atoms with van der Waals surface area (Å²) in [5.41, 5.74) is -0.226. The number of benzene rings is 1. The number of ketones is 1. The highest BCUT2D eigenvalue weighted by molar-refractivity contribution is 5.94. The van der Waals surface area contributed by atoms with Gasteiger partial charge in [-0.3, -0.25) is 4.79 Å². The topological polar surface area (TPSA) is 29.1 Å². The number of hydrogen-bond acceptors (Lipinski definition) is 2. The molecule has 1 aliphatic heterocycles. The Hall–Kier alpha value is -1.36. The molecule has 0 radical (unpaired) electrons. The number of hydrogen-bond donors (Lipinski definition) is 1. The van der Waals surface area contributed by atoms with Gasteiger partial charge in [-0.1, -0.05) is 12.1 Å². The Bertz CT molecular complexity index is 476. The molecule has 1 fully saturated rings. The predicted molar refractivity (Wildman–Crippen MR) is 66.3 cm³/mol. The van der Waals surface area contributed by atoms with Crippen molar-refractivity contribution in [1.82, 2.24) is 5.32 Å². The van der Waals surface area contributed by atoms with E-state index in [1.807, 2.05) is 0 Å². The van der Waals surface area contributed by atoms with Gasteiger partial charge in [0.25, 0.3) is 0 Å². The third-order valence-electron chi connectivity index (χ3n) is 3.54. The van der Waals surface area contributed by atoms with E-state index in [-0.39, 0.29) is 17.3 Å². The fraction of sp³-hybridized carbons (Fsp3) is 0.500. The normalized spacial score (nSPS) is 17.5. The number of alkyl halides is 3. The van der Waals surface area contributed by atoms with Crippen molar-refractivity contribution < 1.29 is 18.0 Å². The van der Waals surface area contributed by atoms with Gasteiger partial charge in [-0.05, 0) is 50.4 Å². The molecule has 2 rings (SSSR count). The lowest BCUT2D eigenvalue weighted by molar-refractivity contribution is -0.138. The van der Waals surface area contributed by atoms with E-state index in [4.69, 9.17) is 0 Å². The van der Waals surface area contributed by atoms with E-state index in [1.165, 1.54) is 19.1 Å². The van der Waals surface area contributed by atoms with Gasteiger partial charge in [0.2, 0.25) is 0 Å². The monoisotopic (exact) mass is 271 g/mol. The average Bonchev–Trinajstić information content (AvgIpc) is 2.38. The summed E-state index contributed by atoms with van der Waals surface area (Å²) in [6.07, 6.45) is -3.02. The van der Waals surface area contributed by atoms with Crippen LogP contribution in [0.5, 0.6) is 0 Å². The summed E-state index contributed by atoms with van der Waals surface area (Å²) >= 11 is 0. The molecule has 0 bridgehead atoms. The first-order valence-electron chi connectivity index (χ1n) is 6.32. The molecule has 1 aromatic carbocycles. The summed E-state index contributed by atoms with van der Waals surface area (Å²) in [6.45, 7) is 2.74. The zero-order chi connectivity index (χ0) is 14.0. The fourth-order valence-corrected chi connectivity index (χ4v) is 2.51. The van der Waals surface area contributed by atoms with Gasteiger partial charge in [0.15, 0.2) is 5.78 Å². The van der Waals surface area contributed by atoms with Crippen LogP contribution in [0.25, 0.3) is 0 Å². The van der Waals surface area contributed by atoms with E-state index in [0.29, 0.717) is 18.4 Å². The van der Waals surface area contributed by atoms with Crippen molar-refractivity contribution in [3.63, 3.8) is 0 Å². The minimum Gasteiger partial charge on any atom is -0.317 e. The number of Topliss-reactive ketones (excluding diaryl/α,β-unsaturated/α-hetero) is 1. The number of carbonyl (C=O) groups excluding carboxylic acids is 1. The SMILES string of the molecule is CC(=O)c1ccc(C2CCNCC2)c(C(F)(F)F)c1. The highest BCUT2D eigenvalue weighted by Gasteiger charge is 2.36. The molecule has 0 atom stereocenters. The third kappa shape index (κ3) is 3.15. The Morgan fingerprint density at radius 2 is 1.89 bits per heavy atom. The van der Waals surface area contributed by atoms with Gasteiger partial charge in [-0.25, -0.2) is 0 Å². The van der Waals surface area contributed by atoms with Gasteiger partial charge >= 0.3 is 6.18 Å². The molecule has 0 unspecified atom stereocenters. The summed E-state index contributed by atoms with van der Waals surface area (Å²) in [5.74, 6) is -0.429. The minimum absolute atomic E-state index is 0.0844. The smallest absolute Gasteiger partial charge is 0.317 e. The quantitative estimate of drug-likeness (QED) is 0.835. The average molecular weight is 271 g/mol. The van der Waals surface area contributed by atoms with Crippen LogP contribution < -0.4 is 5.32 Å². The first-order chi connectivity index (χ1) is 8.89. The number of rotatable bonds is 2. The van der Waals surface area contributed by atoms with Crippen molar-refractivity contribution in [2.75, 3.05) is 13.1 Å². The standard InChI is InChI=1S/C14H16F3NO/c1-9(19)11-2-3-12(10-4-6-18-7-5-10)13(8-11)14(15,16)17/h2-3,8,10,18H,4-7H2,1H3. The summed E-state index contributed by atoms with van der Waals surface area (Å²) in [7, 11) is 0. The molecule has 5 heteroatoms. The zero-order valence-electron chi connectivity index (χ0n) is 10.7. The lowest BCUT2D eigenvalue weighted by Crippen LogP contribution is -2.28. The maximum Gasteiger partial charge on any atom is 0.416 e. The molecule has 0 aromatic heterocycles. The Kier molecular flexibility index (Phi) is 3.94. The molecule has 0 aliphatic carbocycles. The zero-order valence-corrected chi connectivity index (χ0v) is 10.7. The van der Waals surface area contributed by atoms with Crippen LogP contribution in [0.3, 0.4) is 0 Å². The van der Waals surface area contributed by atoms with Crippen molar-refractivity contribution >= 4 is 5.78 Å². The van der Waals surface area contributed by atoms with Crippen LogP contribution in [0.1, 0.15) is 47.2 Å². The van der Waals surface area contributed by atoms with E-state index in [1.54, 1.807) is 0 Å². The van der Waals surface area contributed by atoms with Gasteiger partial charge in [0, 0.05) is 5.56 Å². The third-order valence-corrected chi connectivity index (χ3v) is 3.54. The van der Waals surface area contributed by atoms with Gasteiger partial charge in [0.1, 0.15) is 0 Å². The van der Waals surface area contributed by atoms with Crippen LogP contribution >= 0.6 is 0 Å².